The number of amides is 1. The van der Waals surface area contributed by atoms with E-state index in [1.165, 1.54) is 5.56 Å². The van der Waals surface area contributed by atoms with Crippen LogP contribution in [-0.4, -0.2) is 30.2 Å². The Labute approximate surface area is 125 Å². The summed E-state index contributed by atoms with van der Waals surface area (Å²) in [4.78, 5) is 25.6. The lowest BCUT2D eigenvalue weighted by Gasteiger charge is -2.20. The fraction of sp³-hybridized carbons (Fsp3) is 0.333. The van der Waals surface area contributed by atoms with Crippen molar-refractivity contribution >= 4 is 23.0 Å². The average Bonchev–Trinajstić information content (AvgIpc) is 2.53. The van der Waals surface area contributed by atoms with Crippen LogP contribution in [0.5, 0.6) is 0 Å². The molecular formula is C18H21NO2. The molecule has 0 radical (unpaired) electrons. The first kappa shape index (κ1) is 15.2. The number of carbonyl (C=O) groups excluding carboxylic acids is 2. The van der Waals surface area contributed by atoms with E-state index in [-0.39, 0.29) is 5.91 Å². The maximum atomic E-state index is 12.6. The van der Waals surface area contributed by atoms with E-state index in [1.807, 2.05) is 26.0 Å². The van der Waals surface area contributed by atoms with Gasteiger partial charge in [-0.1, -0.05) is 25.1 Å². The Morgan fingerprint density at radius 2 is 1.76 bits per heavy atom. The molecule has 3 heteroatoms. The molecule has 110 valence electrons. The third-order valence-electron chi connectivity index (χ3n) is 3.89. The summed E-state index contributed by atoms with van der Waals surface area (Å²) in [6.07, 6.45) is 1.72. The molecule has 0 saturated carbocycles. The monoisotopic (exact) mass is 283 g/mol. The number of hydrogen-bond donors (Lipinski definition) is 0. The zero-order chi connectivity index (χ0) is 15.4. The molecule has 0 atom stereocenters. The molecule has 21 heavy (non-hydrogen) atoms. The first-order valence-corrected chi connectivity index (χ1v) is 7.45. The number of hydrogen-bond acceptors (Lipinski definition) is 2. The second-order valence-corrected chi connectivity index (χ2v) is 5.07. The fourth-order valence-corrected chi connectivity index (χ4v) is 2.55. The summed E-state index contributed by atoms with van der Waals surface area (Å²) in [6, 6.07) is 9.80. The van der Waals surface area contributed by atoms with Crippen molar-refractivity contribution in [1.82, 2.24) is 4.90 Å². The molecule has 0 spiro atoms. The normalized spacial score (nSPS) is 10.6. The van der Waals surface area contributed by atoms with Crippen LogP contribution in [0.2, 0.25) is 0 Å². The number of benzene rings is 2. The Balaban J connectivity index is 2.60. The zero-order valence-electron chi connectivity index (χ0n) is 12.8. The van der Waals surface area contributed by atoms with E-state index in [2.05, 4.69) is 19.1 Å². The SMILES string of the molecule is CCc1ccc2cc(C=O)c(C(=O)N(CC)CC)cc2c1. The summed E-state index contributed by atoms with van der Waals surface area (Å²) in [7, 11) is 0. The van der Waals surface area contributed by atoms with Crippen LogP contribution in [0, 0.1) is 0 Å². The molecule has 0 aliphatic rings. The summed E-state index contributed by atoms with van der Waals surface area (Å²) in [6.45, 7) is 7.26. The third kappa shape index (κ3) is 2.97. The van der Waals surface area contributed by atoms with E-state index < -0.39 is 0 Å². The molecule has 0 unspecified atom stereocenters. The van der Waals surface area contributed by atoms with Crippen molar-refractivity contribution in [3.8, 4) is 0 Å². The maximum absolute atomic E-state index is 12.6. The summed E-state index contributed by atoms with van der Waals surface area (Å²) in [5.74, 6) is -0.0779. The highest BCUT2D eigenvalue weighted by Crippen LogP contribution is 2.22. The minimum Gasteiger partial charge on any atom is -0.339 e. The first-order valence-electron chi connectivity index (χ1n) is 7.45. The van der Waals surface area contributed by atoms with Gasteiger partial charge in [-0.2, -0.15) is 0 Å². The highest BCUT2D eigenvalue weighted by atomic mass is 16.2. The van der Waals surface area contributed by atoms with E-state index in [4.69, 9.17) is 0 Å². The summed E-state index contributed by atoms with van der Waals surface area (Å²) in [5, 5.41) is 2.00. The van der Waals surface area contributed by atoms with Crippen LogP contribution >= 0.6 is 0 Å². The summed E-state index contributed by atoms with van der Waals surface area (Å²) < 4.78 is 0. The quantitative estimate of drug-likeness (QED) is 0.785. The fourth-order valence-electron chi connectivity index (χ4n) is 2.55. The van der Waals surface area contributed by atoms with Crippen molar-refractivity contribution in [1.29, 1.82) is 0 Å². The number of carbonyl (C=O) groups is 2. The van der Waals surface area contributed by atoms with Gasteiger partial charge in [0.05, 0.1) is 5.56 Å². The topological polar surface area (TPSA) is 37.4 Å². The van der Waals surface area contributed by atoms with Crippen molar-refractivity contribution in [2.45, 2.75) is 27.2 Å². The largest absolute Gasteiger partial charge is 0.339 e. The lowest BCUT2D eigenvalue weighted by atomic mass is 9.98. The molecule has 1 amide bonds. The molecule has 2 aromatic carbocycles. The van der Waals surface area contributed by atoms with E-state index in [0.29, 0.717) is 24.2 Å². The number of nitrogens with zero attached hydrogens (tertiary/aromatic N) is 1. The van der Waals surface area contributed by atoms with E-state index >= 15 is 0 Å². The lowest BCUT2D eigenvalue weighted by molar-refractivity contribution is 0.0770. The second-order valence-electron chi connectivity index (χ2n) is 5.07. The van der Waals surface area contributed by atoms with Crippen molar-refractivity contribution in [2.24, 2.45) is 0 Å². The van der Waals surface area contributed by atoms with Gasteiger partial charge in [-0.25, -0.2) is 0 Å². The van der Waals surface area contributed by atoms with Crippen LogP contribution in [0.3, 0.4) is 0 Å². The lowest BCUT2D eigenvalue weighted by Crippen LogP contribution is -2.31. The molecule has 0 heterocycles. The molecule has 2 aromatic rings. The molecule has 0 aromatic heterocycles. The van der Waals surface area contributed by atoms with Crippen LogP contribution in [0.15, 0.2) is 30.3 Å². The van der Waals surface area contributed by atoms with Crippen LogP contribution in [0.1, 0.15) is 47.1 Å². The van der Waals surface area contributed by atoms with Gasteiger partial charge in [0, 0.05) is 18.7 Å². The van der Waals surface area contributed by atoms with E-state index in [9.17, 15) is 9.59 Å². The summed E-state index contributed by atoms with van der Waals surface area (Å²) >= 11 is 0. The van der Waals surface area contributed by atoms with Crippen LogP contribution in [0.25, 0.3) is 10.8 Å². The molecule has 0 aliphatic heterocycles. The van der Waals surface area contributed by atoms with Crippen molar-refractivity contribution in [3.63, 3.8) is 0 Å². The molecule has 2 rings (SSSR count). The highest BCUT2D eigenvalue weighted by Gasteiger charge is 2.17. The highest BCUT2D eigenvalue weighted by molar-refractivity contribution is 6.05. The van der Waals surface area contributed by atoms with Gasteiger partial charge in [0.2, 0.25) is 0 Å². The predicted molar refractivity (Wildman–Crippen MR) is 86.0 cm³/mol. The molecule has 0 aliphatic carbocycles. The molecule has 3 nitrogen and oxygen atoms in total. The average molecular weight is 283 g/mol. The second kappa shape index (κ2) is 6.53. The van der Waals surface area contributed by atoms with Gasteiger partial charge in [0.15, 0.2) is 6.29 Å². The Morgan fingerprint density at radius 3 is 2.33 bits per heavy atom. The van der Waals surface area contributed by atoms with Gasteiger partial charge >= 0.3 is 0 Å². The Bertz CT molecular complexity index is 672. The van der Waals surface area contributed by atoms with E-state index in [0.717, 1.165) is 23.5 Å². The van der Waals surface area contributed by atoms with Gasteiger partial charge in [-0.05, 0) is 48.7 Å². The maximum Gasteiger partial charge on any atom is 0.254 e. The zero-order valence-corrected chi connectivity index (χ0v) is 12.8. The van der Waals surface area contributed by atoms with E-state index in [1.54, 1.807) is 11.0 Å². The predicted octanol–water partition coefficient (Wildman–Crippen LogP) is 3.70. The number of rotatable bonds is 5. The van der Waals surface area contributed by atoms with Crippen molar-refractivity contribution in [3.05, 3.63) is 47.0 Å². The minimum atomic E-state index is -0.0779. The third-order valence-corrected chi connectivity index (χ3v) is 3.89. The summed E-state index contributed by atoms with van der Waals surface area (Å²) in [5.41, 5.74) is 2.18. The van der Waals surface area contributed by atoms with Crippen LogP contribution in [-0.2, 0) is 6.42 Å². The number of aldehydes is 1. The van der Waals surface area contributed by atoms with Gasteiger partial charge in [-0.15, -0.1) is 0 Å². The molecule has 0 bridgehead atoms. The smallest absolute Gasteiger partial charge is 0.254 e. The van der Waals surface area contributed by atoms with Gasteiger partial charge in [0.1, 0.15) is 0 Å². The van der Waals surface area contributed by atoms with Crippen molar-refractivity contribution < 1.29 is 9.59 Å². The van der Waals surface area contributed by atoms with Gasteiger partial charge in [-0.3, -0.25) is 9.59 Å². The molecule has 0 N–H and O–H groups in total. The number of aryl methyl sites for hydroxylation is 1. The molecular weight excluding hydrogens is 262 g/mol. The van der Waals surface area contributed by atoms with Gasteiger partial charge in [0.25, 0.3) is 5.91 Å². The Hall–Kier alpha value is -2.16. The Kier molecular flexibility index (Phi) is 4.73. The first-order chi connectivity index (χ1) is 10.1. The standard InChI is InChI=1S/C18H21NO2/c1-4-13-7-8-14-10-16(12-20)17(11-15(14)9-13)18(21)19(5-2)6-3/h7-12H,4-6H2,1-3H3. The Morgan fingerprint density at radius 1 is 1.05 bits per heavy atom. The van der Waals surface area contributed by atoms with Gasteiger partial charge < -0.3 is 4.90 Å². The minimum absolute atomic E-state index is 0.0779. The van der Waals surface area contributed by atoms with Crippen molar-refractivity contribution in [2.75, 3.05) is 13.1 Å². The molecule has 0 saturated heterocycles. The van der Waals surface area contributed by atoms with Crippen LogP contribution < -0.4 is 0 Å². The number of fused-ring (bicyclic) bond motifs is 1. The van der Waals surface area contributed by atoms with Crippen LogP contribution in [0.4, 0.5) is 0 Å². The molecule has 0 fully saturated rings.